The molecule has 0 fully saturated rings. The van der Waals surface area contributed by atoms with Gasteiger partial charge in [0.05, 0.1) is 16.7 Å². The van der Waals surface area contributed by atoms with Gasteiger partial charge in [0.2, 0.25) is 0 Å². The number of ether oxygens (including phenoxy) is 1. The molecule has 2 aromatic carbocycles. The van der Waals surface area contributed by atoms with Crippen molar-refractivity contribution >= 4 is 46.8 Å². The molecule has 156 valence electrons. The van der Waals surface area contributed by atoms with E-state index in [-0.39, 0.29) is 22.5 Å². The summed E-state index contributed by atoms with van der Waals surface area (Å²) in [6.45, 7) is 1.10. The Hall–Kier alpha value is -3.98. The molecule has 3 aromatic rings. The second-order valence-corrected chi connectivity index (χ2v) is 7.07. The van der Waals surface area contributed by atoms with Gasteiger partial charge < -0.3 is 14.6 Å². The molecule has 0 radical (unpaired) electrons. The summed E-state index contributed by atoms with van der Waals surface area (Å²) < 4.78 is 9.93. The number of carbonyl (C=O) groups is 4. The lowest BCUT2D eigenvalue weighted by atomic mass is 10.1. The Bertz CT molecular complexity index is 1220. The van der Waals surface area contributed by atoms with Crippen molar-refractivity contribution in [3.63, 3.8) is 0 Å². The minimum absolute atomic E-state index is 0.0253. The molecule has 0 saturated heterocycles. The molecule has 4 rings (SSSR count). The number of aromatic nitrogens is 1. The fraction of sp³-hybridized carbons (Fsp3) is 0.0952. The van der Waals surface area contributed by atoms with Crippen molar-refractivity contribution in [1.82, 2.24) is 5.16 Å². The zero-order chi connectivity index (χ0) is 22.1. The van der Waals surface area contributed by atoms with Crippen LogP contribution in [0, 0.1) is 6.92 Å². The highest BCUT2D eigenvalue weighted by atomic mass is 35.5. The highest BCUT2D eigenvalue weighted by Gasteiger charge is 2.38. The summed E-state index contributed by atoms with van der Waals surface area (Å²) in [6, 6.07) is 11.8. The lowest BCUT2D eigenvalue weighted by Crippen LogP contribution is -2.29. The number of hydrogen-bond donors (Lipinski definition) is 1. The van der Waals surface area contributed by atoms with Crippen LogP contribution in [0.15, 0.2) is 53.1 Å². The number of rotatable bonds is 5. The second kappa shape index (κ2) is 8.04. The lowest BCUT2D eigenvalue weighted by molar-refractivity contribution is -0.119. The fourth-order valence-corrected chi connectivity index (χ4v) is 3.11. The van der Waals surface area contributed by atoms with Crippen LogP contribution in [0.4, 0.5) is 11.5 Å². The van der Waals surface area contributed by atoms with Gasteiger partial charge in [-0.3, -0.25) is 14.4 Å². The van der Waals surface area contributed by atoms with E-state index in [2.05, 4.69) is 10.5 Å². The van der Waals surface area contributed by atoms with E-state index < -0.39 is 30.3 Å². The van der Waals surface area contributed by atoms with Crippen LogP contribution in [0.1, 0.15) is 36.8 Å². The SMILES string of the molecule is Cc1cc(N2C(=O)c3ccc(C(=O)OCC(=O)Nc4ccc(Cl)cc4)cc3C2=O)no1. The molecule has 0 spiro atoms. The van der Waals surface area contributed by atoms with E-state index in [4.69, 9.17) is 20.9 Å². The average Bonchev–Trinajstić information content (AvgIpc) is 3.28. The Balaban J connectivity index is 1.43. The van der Waals surface area contributed by atoms with Crippen LogP contribution in [-0.2, 0) is 9.53 Å². The maximum atomic E-state index is 12.7. The van der Waals surface area contributed by atoms with E-state index in [1.807, 2.05) is 0 Å². The van der Waals surface area contributed by atoms with Gasteiger partial charge in [-0.1, -0.05) is 16.8 Å². The number of amides is 3. The summed E-state index contributed by atoms with van der Waals surface area (Å²) in [5.74, 6) is -2.07. The lowest BCUT2D eigenvalue weighted by Gasteiger charge is -2.08. The van der Waals surface area contributed by atoms with Crippen molar-refractivity contribution in [1.29, 1.82) is 0 Å². The predicted molar refractivity (Wildman–Crippen MR) is 109 cm³/mol. The molecule has 0 unspecified atom stereocenters. The van der Waals surface area contributed by atoms with Crippen molar-refractivity contribution in [3.05, 3.63) is 76.0 Å². The summed E-state index contributed by atoms with van der Waals surface area (Å²) in [6.07, 6.45) is 0. The quantitative estimate of drug-likeness (QED) is 0.478. The summed E-state index contributed by atoms with van der Waals surface area (Å²) in [4.78, 5) is 50.4. The van der Waals surface area contributed by atoms with Crippen LogP contribution < -0.4 is 10.2 Å². The summed E-state index contributed by atoms with van der Waals surface area (Å²) in [5, 5.41) is 6.77. The molecular formula is C21H14ClN3O6. The molecule has 0 atom stereocenters. The highest BCUT2D eigenvalue weighted by molar-refractivity contribution is 6.34. The van der Waals surface area contributed by atoms with Crippen LogP contribution in [0.3, 0.4) is 0 Å². The van der Waals surface area contributed by atoms with Gasteiger partial charge in [0.25, 0.3) is 17.7 Å². The highest BCUT2D eigenvalue weighted by Crippen LogP contribution is 2.29. The van der Waals surface area contributed by atoms with Crippen LogP contribution in [0.5, 0.6) is 0 Å². The van der Waals surface area contributed by atoms with Gasteiger partial charge in [-0.05, 0) is 49.4 Å². The maximum Gasteiger partial charge on any atom is 0.338 e. The van der Waals surface area contributed by atoms with Crippen molar-refractivity contribution in [2.45, 2.75) is 6.92 Å². The molecule has 3 amide bonds. The number of nitrogens with one attached hydrogen (secondary N) is 1. The number of halogens is 1. The van der Waals surface area contributed by atoms with E-state index in [9.17, 15) is 19.2 Å². The van der Waals surface area contributed by atoms with E-state index in [0.717, 1.165) is 4.90 Å². The zero-order valence-electron chi connectivity index (χ0n) is 16.0. The topological polar surface area (TPSA) is 119 Å². The van der Waals surface area contributed by atoms with Gasteiger partial charge in [0.1, 0.15) is 5.76 Å². The normalized spacial score (nSPS) is 12.6. The average molecular weight is 440 g/mol. The number of imide groups is 1. The molecule has 2 heterocycles. The van der Waals surface area contributed by atoms with Gasteiger partial charge in [-0.15, -0.1) is 0 Å². The Morgan fingerprint density at radius 2 is 1.77 bits per heavy atom. The molecule has 1 aliphatic heterocycles. The first-order valence-electron chi connectivity index (χ1n) is 9.02. The second-order valence-electron chi connectivity index (χ2n) is 6.63. The zero-order valence-corrected chi connectivity index (χ0v) is 16.8. The van der Waals surface area contributed by atoms with Crippen molar-refractivity contribution in [2.24, 2.45) is 0 Å². The van der Waals surface area contributed by atoms with Crippen LogP contribution in [-0.4, -0.2) is 35.5 Å². The monoisotopic (exact) mass is 439 g/mol. The first kappa shape index (κ1) is 20.3. The van der Waals surface area contributed by atoms with Gasteiger partial charge >= 0.3 is 5.97 Å². The Labute approximate surface area is 180 Å². The molecule has 0 aliphatic carbocycles. The molecule has 1 aromatic heterocycles. The Kier molecular flexibility index (Phi) is 5.26. The van der Waals surface area contributed by atoms with E-state index >= 15 is 0 Å². The maximum absolute atomic E-state index is 12.7. The van der Waals surface area contributed by atoms with E-state index in [0.29, 0.717) is 16.5 Å². The first-order chi connectivity index (χ1) is 14.8. The third-order valence-electron chi connectivity index (χ3n) is 4.43. The largest absolute Gasteiger partial charge is 0.452 e. The van der Waals surface area contributed by atoms with E-state index in [1.54, 1.807) is 31.2 Å². The number of benzene rings is 2. The number of hydrogen-bond acceptors (Lipinski definition) is 7. The van der Waals surface area contributed by atoms with Gasteiger partial charge in [-0.25, -0.2) is 9.69 Å². The van der Waals surface area contributed by atoms with E-state index in [1.165, 1.54) is 24.3 Å². The Morgan fingerprint density at radius 1 is 1.06 bits per heavy atom. The number of esters is 1. The standard InChI is InChI=1S/C21H14ClN3O6/c1-11-8-17(24-31-11)25-19(27)15-7-2-12(9-16(15)20(25)28)21(29)30-10-18(26)23-14-5-3-13(22)4-6-14/h2-9H,10H2,1H3,(H,23,26). The number of fused-ring (bicyclic) bond motifs is 1. The van der Waals surface area contributed by atoms with Crippen LogP contribution >= 0.6 is 11.6 Å². The third kappa shape index (κ3) is 4.03. The van der Waals surface area contributed by atoms with Gasteiger partial charge in [0.15, 0.2) is 12.4 Å². The summed E-state index contributed by atoms with van der Waals surface area (Å²) >= 11 is 5.78. The number of nitrogens with zero attached hydrogens (tertiary/aromatic N) is 2. The fourth-order valence-electron chi connectivity index (χ4n) is 2.98. The van der Waals surface area contributed by atoms with Gasteiger partial charge in [-0.2, -0.15) is 0 Å². The molecule has 0 saturated carbocycles. The molecule has 31 heavy (non-hydrogen) atoms. The van der Waals surface area contributed by atoms with Gasteiger partial charge in [0, 0.05) is 16.8 Å². The summed E-state index contributed by atoms with van der Waals surface area (Å²) in [7, 11) is 0. The predicted octanol–water partition coefficient (Wildman–Crippen LogP) is 3.23. The minimum Gasteiger partial charge on any atom is -0.452 e. The Morgan fingerprint density at radius 3 is 2.45 bits per heavy atom. The van der Waals surface area contributed by atoms with Crippen molar-refractivity contribution < 1.29 is 28.4 Å². The molecular weight excluding hydrogens is 426 g/mol. The molecule has 1 N–H and O–H groups in total. The third-order valence-corrected chi connectivity index (χ3v) is 4.68. The van der Waals surface area contributed by atoms with Crippen LogP contribution in [0.25, 0.3) is 0 Å². The summed E-state index contributed by atoms with van der Waals surface area (Å²) in [5.41, 5.74) is 0.682. The molecule has 1 aliphatic rings. The molecule has 9 nitrogen and oxygen atoms in total. The smallest absolute Gasteiger partial charge is 0.338 e. The number of carbonyl (C=O) groups excluding carboxylic acids is 4. The molecule has 0 bridgehead atoms. The first-order valence-corrected chi connectivity index (χ1v) is 9.40. The minimum atomic E-state index is -0.815. The number of aryl methyl sites for hydroxylation is 1. The van der Waals surface area contributed by atoms with Crippen LogP contribution in [0.2, 0.25) is 5.02 Å². The van der Waals surface area contributed by atoms with Crippen molar-refractivity contribution in [3.8, 4) is 0 Å². The number of anilines is 2. The van der Waals surface area contributed by atoms with Crippen molar-refractivity contribution in [2.75, 3.05) is 16.8 Å². The molecule has 10 heteroatoms.